The minimum absolute atomic E-state index is 0.00376. The van der Waals surface area contributed by atoms with Crippen molar-refractivity contribution in [2.45, 2.75) is 64.5 Å². The molecule has 1 aromatic rings. The van der Waals surface area contributed by atoms with Gasteiger partial charge in [0, 0.05) is 25.3 Å². The second-order valence-corrected chi connectivity index (χ2v) is 10.2. The Balaban J connectivity index is 1.85. The largest absolute Gasteiger partial charge is 0.381 e. The summed E-state index contributed by atoms with van der Waals surface area (Å²) in [7, 11) is 1.86. The highest BCUT2D eigenvalue weighted by atomic mass is 32.1. The van der Waals surface area contributed by atoms with Crippen molar-refractivity contribution in [1.82, 2.24) is 10.6 Å². The number of nitrogens with one attached hydrogen (secondary N) is 3. The van der Waals surface area contributed by atoms with Gasteiger partial charge in [0.15, 0.2) is 0 Å². The van der Waals surface area contributed by atoms with E-state index in [1.54, 1.807) is 12.2 Å². The van der Waals surface area contributed by atoms with Crippen LogP contribution < -0.4 is 21.7 Å². The molecular formula is C25H40FN5O3S. The molecule has 5 N–H and O–H groups in total. The van der Waals surface area contributed by atoms with E-state index in [-0.39, 0.29) is 24.0 Å². The summed E-state index contributed by atoms with van der Waals surface area (Å²) in [5.41, 5.74) is 8.17. The molecule has 0 radical (unpaired) electrons. The standard InChI is InChI=1S/C25H40FN5O3S/c1-16-13-18(26)5-6-21(22(16)34-19-7-11-33-12-8-19)30-14-20-17(2)23(24(32)29-10-4-9-27)35-25(20)31-15-28-3/h5-6,16,18-19,22,28,31H,4,7-15,27H2,1-3H3,(H,29,32). The number of nitrogens with zero attached hydrogens (tertiary/aromatic N) is 1. The van der Waals surface area contributed by atoms with Crippen molar-refractivity contribution in [3.63, 3.8) is 0 Å². The van der Waals surface area contributed by atoms with Gasteiger partial charge in [-0.05, 0) is 69.8 Å². The van der Waals surface area contributed by atoms with Crippen LogP contribution in [0, 0.1) is 12.8 Å². The lowest BCUT2D eigenvalue weighted by Gasteiger charge is -2.30. The van der Waals surface area contributed by atoms with Crippen molar-refractivity contribution in [1.29, 1.82) is 0 Å². The molecule has 1 aromatic heterocycles. The van der Waals surface area contributed by atoms with Gasteiger partial charge in [0.2, 0.25) is 0 Å². The topological polar surface area (TPSA) is 110 Å². The molecule has 1 aliphatic carbocycles. The maximum atomic E-state index is 14.4. The number of ether oxygens (including phenoxy) is 2. The summed E-state index contributed by atoms with van der Waals surface area (Å²) in [5.74, 6) is -0.104. The summed E-state index contributed by atoms with van der Waals surface area (Å²) in [6, 6.07) is 0. The van der Waals surface area contributed by atoms with Gasteiger partial charge in [-0.1, -0.05) is 6.92 Å². The van der Waals surface area contributed by atoms with Crippen LogP contribution in [-0.4, -0.2) is 70.0 Å². The molecule has 0 saturated carbocycles. The van der Waals surface area contributed by atoms with Gasteiger partial charge >= 0.3 is 0 Å². The average molecular weight is 510 g/mol. The number of anilines is 1. The summed E-state index contributed by atoms with van der Waals surface area (Å²) >= 11 is 1.43. The van der Waals surface area contributed by atoms with Gasteiger partial charge in [0.1, 0.15) is 12.3 Å². The molecule has 3 rings (SSSR count). The number of aliphatic imine (C=N–C) groups is 1. The van der Waals surface area contributed by atoms with Gasteiger partial charge in [0.05, 0.1) is 34.9 Å². The van der Waals surface area contributed by atoms with Gasteiger partial charge in [-0.25, -0.2) is 4.39 Å². The predicted molar refractivity (Wildman–Crippen MR) is 140 cm³/mol. The summed E-state index contributed by atoms with van der Waals surface area (Å²) < 4.78 is 26.3. The van der Waals surface area contributed by atoms with Crippen LogP contribution in [-0.2, 0) is 16.0 Å². The molecule has 8 nitrogen and oxygen atoms in total. The summed E-state index contributed by atoms with van der Waals surface area (Å²) in [5, 5.41) is 10.3. The number of carbonyl (C=O) groups excluding carboxylic acids is 1. The highest BCUT2D eigenvalue weighted by molar-refractivity contribution is 7.18. The Labute approximate surface area is 211 Å². The third kappa shape index (κ3) is 7.82. The van der Waals surface area contributed by atoms with Gasteiger partial charge in [-0.2, -0.15) is 0 Å². The number of rotatable bonds is 11. The number of thiophene rings is 1. The summed E-state index contributed by atoms with van der Waals surface area (Å²) in [6.07, 6.45) is 4.97. The Morgan fingerprint density at radius 3 is 2.86 bits per heavy atom. The number of carbonyl (C=O) groups is 1. The second-order valence-electron chi connectivity index (χ2n) is 9.17. The van der Waals surface area contributed by atoms with Crippen LogP contribution in [0.25, 0.3) is 0 Å². The monoisotopic (exact) mass is 509 g/mol. The predicted octanol–water partition coefficient (Wildman–Crippen LogP) is 3.16. The van der Waals surface area contributed by atoms with E-state index in [4.69, 9.17) is 20.2 Å². The number of alkyl halides is 1. The molecule has 3 atom stereocenters. The number of hydrogen-bond donors (Lipinski definition) is 4. The van der Waals surface area contributed by atoms with Crippen LogP contribution in [0.2, 0.25) is 0 Å². The van der Waals surface area contributed by atoms with E-state index in [0.717, 1.165) is 41.1 Å². The normalized spacial score (nSPS) is 24.5. The smallest absolute Gasteiger partial charge is 0.261 e. The van der Waals surface area contributed by atoms with Crippen molar-refractivity contribution < 1.29 is 18.7 Å². The molecule has 0 spiro atoms. The lowest BCUT2D eigenvalue weighted by atomic mass is 9.96. The van der Waals surface area contributed by atoms with Gasteiger partial charge in [-0.15, -0.1) is 11.3 Å². The second kappa shape index (κ2) is 14.0. The molecule has 1 amide bonds. The highest BCUT2D eigenvalue weighted by Crippen LogP contribution is 2.34. The van der Waals surface area contributed by atoms with Crippen LogP contribution >= 0.6 is 11.3 Å². The number of nitrogens with two attached hydrogens (primary N) is 1. The van der Waals surface area contributed by atoms with Crippen LogP contribution in [0.5, 0.6) is 0 Å². The average Bonchev–Trinajstić information content (AvgIpc) is 3.10. The van der Waals surface area contributed by atoms with E-state index in [9.17, 15) is 9.18 Å². The van der Waals surface area contributed by atoms with E-state index in [1.165, 1.54) is 11.3 Å². The Hall–Kier alpha value is -1.85. The van der Waals surface area contributed by atoms with Crippen molar-refractivity contribution >= 4 is 28.0 Å². The van der Waals surface area contributed by atoms with Crippen molar-refractivity contribution in [3.8, 4) is 0 Å². The first-order valence-electron chi connectivity index (χ1n) is 12.5. The first kappa shape index (κ1) is 27.7. The van der Waals surface area contributed by atoms with Crippen LogP contribution in [0.3, 0.4) is 0 Å². The first-order chi connectivity index (χ1) is 16.9. The zero-order valence-electron chi connectivity index (χ0n) is 21.1. The molecular weight excluding hydrogens is 469 g/mol. The number of allylic oxidation sites excluding steroid dienone is 1. The number of hydrogen-bond acceptors (Lipinski definition) is 8. The highest BCUT2D eigenvalue weighted by Gasteiger charge is 2.31. The third-order valence-corrected chi connectivity index (χ3v) is 7.67. The van der Waals surface area contributed by atoms with E-state index in [0.29, 0.717) is 50.8 Å². The molecule has 0 bridgehead atoms. The number of amides is 1. The fourth-order valence-electron chi connectivity index (χ4n) is 4.33. The van der Waals surface area contributed by atoms with E-state index in [1.807, 2.05) is 20.9 Å². The lowest BCUT2D eigenvalue weighted by molar-refractivity contribution is -0.0623. The van der Waals surface area contributed by atoms with E-state index < -0.39 is 6.17 Å². The lowest BCUT2D eigenvalue weighted by Crippen LogP contribution is -2.36. The molecule has 2 aliphatic rings. The molecule has 10 heteroatoms. The van der Waals surface area contributed by atoms with Gasteiger partial charge in [0.25, 0.3) is 5.91 Å². The van der Waals surface area contributed by atoms with Crippen LogP contribution in [0.4, 0.5) is 9.39 Å². The van der Waals surface area contributed by atoms with Crippen molar-refractivity contribution in [3.05, 3.63) is 28.2 Å². The van der Waals surface area contributed by atoms with E-state index >= 15 is 0 Å². The third-order valence-electron chi connectivity index (χ3n) is 6.38. The SMILES string of the molecule is CNCNc1sc(C(=O)NCCCN)c(C)c1CN=C1C=CC(F)CC(C)C1OC1CCOCC1. The fourth-order valence-corrected chi connectivity index (χ4v) is 5.46. The summed E-state index contributed by atoms with van der Waals surface area (Å²) in [4.78, 5) is 18.4. The molecule has 1 aliphatic heterocycles. The quantitative estimate of drug-likeness (QED) is 0.269. The number of halogens is 1. The van der Waals surface area contributed by atoms with Crippen molar-refractivity contribution in [2.75, 3.05) is 45.3 Å². The maximum absolute atomic E-state index is 14.4. The molecule has 1 fully saturated rings. The van der Waals surface area contributed by atoms with Crippen molar-refractivity contribution in [2.24, 2.45) is 16.6 Å². The Bertz CT molecular complexity index is 885. The Morgan fingerprint density at radius 2 is 2.14 bits per heavy atom. The van der Waals surface area contributed by atoms with Crippen LogP contribution in [0.1, 0.15) is 53.4 Å². The zero-order valence-corrected chi connectivity index (χ0v) is 21.9. The summed E-state index contributed by atoms with van der Waals surface area (Å²) in [6.45, 7) is 7.36. The molecule has 35 heavy (non-hydrogen) atoms. The Kier molecular flexibility index (Phi) is 11.1. The van der Waals surface area contributed by atoms with Gasteiger partial charge in [-0.3, -0.25) is 9.79 Å². The minimum atomic E-state index is -1.02. The molecule has 3 unspecified atom stereocenters. The molecule has 1 saturated heterocycles. The molecule has 2 heterocycles. The molecule has 196 valence electrons. The zero-order chi connectivity index (χ0) is 25.2. The fraction of sp³-hybridized carbons (Fsp3) is 0.680. The Morgan fingerprint density at radius 1 is 1.37 bits per heavy atom. The maximum Gasteiger partial charge on any atom is 0.261 e. The van der Waals surface area contributed by atoms with E-state index in [2.05, 4.69) is 16.0 Å². The minimum Gasteiger partial charge on any atom is -0.381 e. The van der Waals surface area contributed by atoms with Gasteiger partial charge < -0.3 is 31.2 Å². The molecule has 0 aromatic carbocycles. The van der Waals surface area contributed by atoms with Crippen LogP contribution in [0.15, 0.2) is 17.1 Å². The first-order valence-corrected chi connectivity index (χ1v) is 13.3.